The third kappa shape index (κ3) is 9.76. The Bertz CT molecular complexity index is 1500. The van der Waals surface area contributed by atoms with Crippen molar-refractivity contribution in [1.82, 2.24) is 10.2 Å². The van der Waals surface area contributed by atoms with Crippen molar-refractivity contribution in [2.45, 2.75) is 51.7 Å². The number of carbonyl (C=O) groups excluding carboxylic acids is 2. The van der Waals surface area contributed by atoms with E-state index in [0.717, 1.165) is 11.8 Å². The zero-order valence-electron chi connectivity index (χ0n) is 24.5. The molecule has 232 valence electrons. The van der Waals surface area contributed by atoms with Crippen molar-refractivity contribution >= 4 is 62.3 Å². The van der Waals surface area contributed by atoms with Crippen LogP contribution in [0.5, 0.6) is 5.75 Å². The molecular weight excluding hydrogens is 633 g/mol. The topological polar surface area (TPSA) is 96.0 Å². The lowest BCUT2D eigenvalue weighted by atomic mass is 10.0. The first kappa shape index (κ1) is 34.5. The maximum Gasteiger partial charge on any atom is 0.243 e. The van der Waals surface area contributed by atoms with E-state index in [0.29, 0.717) is 27.0 Å². The van der Waals surface area contributed by atoms with Gasteiger partial charge >= 0.3 is 0 Å². The molecule has 3 aromatic carbocycles. The molecule has 1 N–H and O–H groups in total. The number of nitrogens with zero attached hydrogens (tertiary/aromatic N) is 2. The molecule has 3 aromatic rings. The Morgan fingerprint density at radius 2 is 1.58 bits per heavy atom. The Morgan fingerprint density at radius 3 is 2.14 bits per heavy atom. The normalized spacial score (nSPS) is 12.1. The number of methoxy groups -OCH3 is 1. The number of carbonyl (C=O) groups is 2. The monoisotopic (exact) mass is 667 g/mol. The lowest BCUT2D eigenvalue weighted by Crippen LogP contribution is -2.52. The Labute approximate surface area is 268 Å². The Morgan fingerprint density at radius 1 is 0.930 bits per heavy atom. The van der Waals surface area contributed by atoms with Gasteiger partial charge in [0.25, 0.3) is 0 Å². The fourth-order valence-electron chi connectivity index (χ4n) is 4.60. The lowest BCUT2D eigenvalue weighted by Gasteiger charge is -2.33. The van der Waals surface area contributed by atoms with Crippen LogP contribution in [0.1, 0.15) is 37.8 Å². The summed E-state index contributed by atoms with van der Waals surface area (Å²) in [6.45, 7) is 3.69. The van der Waals surface area contributed by atoms with Gasteiger partial charge in [0.15, 0.2) is 0 Å². The molecule has 3 rings (SSSR count). The minimum atomic E-state index is -3.71. The van der Waals surface area contributed by atoms with Gasteiger partial charge in [-0.05, 0) is 56.2 Å². The van der Waals surface area contributed by atoms with Crippen molar-refractivity contribution in [2.75, 3.05) is 24.2 Å². The number of halogens is 3. The van der Waals surface area contributed by atoms with Crippen LogP contribution in [0.4, 0.5) is 5.69 Å². The van der Waals surface area contributed by atoms with Gasteiger partial charge in [-0.1, -0.05) is 71.2 Å². The van der Waals surface area contributed by atoms with Crippen molar-refractivity contribution in [3.63, 3.8) is 0 Å². The van der Waals surface area contributed by atoms with Gasteiger partial charge in [-0.2, -0.15) is 0 Å². The SMILES string of the molecule is COc1ccc(N(CCCC(=O)N(Cc2c(Cl)cccc2Cl)C(Cc2ccccc2)C(=O)NC(C)C)S(C)(=O)=O)cc1Cl. The van der Waals surface area contributed by atoms with E-state index < -0.39 is 16.1 Å². The van der Waals surface area contributed by atoms with Gasteiger partial charge in [0, 0.05) is 47.6 Å². The average molecular weight is 669 g/mol. The smallest absolute Gasteiger partial charge is 0.243 e. The number of benzene rings is 3. The van der Waals surface area contributed by atoms with E-state index in [4.69, 9.17) is 39.5 Å². The fourth-order valence-corrected chi connectivity index (χ4v) is 6.33. The molecule has 0 aliphatic rings. The molecule has 0 fully saturated rings. The number of nitrogens with one attached hydrogen (secondary N) is 1. The molecule has 2 amide bonds. The standard InChI is InChI=1S/C31H36Cl3N3O5S/c1-21(2)35-31(39)28(18-22-10-6-5-7-11-22)36(20-24-25(32)12-8-13-26(24)33)30(38)14-9-17-37(43(4,40)41)23-15-16-29(42-3)27(34)19-23/h5-8,10-13,15-16,19,21,28H,9,14,17-18,20H2,1-4H3,(H,35,39). The average Bonchev–Trinajstić information content (AvgIpc) is 2.93. The fraction of sp³-hybridized carbons (Fsp3) is 0.355. The van der Waals surface area contributed by atoms with Crippen molar-refractivity contribution in [2.24, 2.45) is 0 Å². The van der Waals surface area contributed by atoms with E-state index in [9.17, 15) is 18.0 Å². The molecule has 12 heteroatoms. The predicted molar refractivity (Wildman–Crippen MR) is 174 cm³/mol. The summed E-state index contributed by atoms with van der Waals surface area (Å²) in [4.78, 5) is 29.0. The minimum absolute atomic E-state index is 0.00939. The molecule has 0 aliphatic heterocycles. The number of ether oxygens (including phenoxy) is 1. The van der Waals surface area contributed by atoms with Crippen LogP contribution in [0, 0.1) is 0 Å². The molecule has 0 saturated carbocycles. The van der Waals surface area contributed by atoms with Crippen molar-refractivity contribution < 1.29 is 22.7 Å². The van der Waals surface area contributed by atoms with Crippen LogP contribution < -0.4 is 14.4 Å². The molecule has 0 aromatic heterocycles. The highest BCUT2D eigenvalue weighted by Crippen LogP contribution is 2.31. The lowest BCUT2D eigenvalue weighted by molar-refractivity contribution is -0.141. The summed E-state index contributed by atoms with van der Waals surface area (Å²) >= 11 is 19.2. The third-order valence-corrected chi connectivity index (χ3v) is 8.87. The summed E-state index contributed by atoms with van der Waals surface area (Å²) in [6, 6.07) is 18.1. The van der Waals surface area contributed by atoms with E-state index in [1.165, 1.54) is 22.4 Å². The second kappa shape index (κ2) is 15.7. The zero-order valence-corrected chi connectivity index (χ0v) is 27.6. The summed E-state index contributed by atoms with van der Waals surface area (Å²) in [6.07, 6.45) is 1.47. The molecule has 0 saturated heterocycles. The first-order valence-corrected chi connectivity index (χ1v) is 16.7. The number of amides is 2. The van der Waals surface area contributed by atoms with Crippen LogP contribution in [-0.4, -0.2) is 57.1 Å². The van der Waals surface area contributed by atoms with Crippen molar-refractivity contribution in [1.29, 1.82) is 0 Å². The largest absolute Gasteiger partial charge is 0.495 e. The van der Waals surface area contributed by atoms with E-state index >= 15 is 0 Å². The molecule has 8 nitrogen and oxygen atoms in total. The first-order valence-electron chi connectivity index (χ1n) is 13.7. The van der Waals surface area contributed by atoms with Gasteiger partial charge in [0.2, 0.25) is 21.8 Å². The Kier molecular flexibility index (Phi) is 12.6. The second-order valence-electron chi connectivity index (χ2n) is 10.3. The number of hydrogen-bond donors (Lipinski definition) is 1. The van der Waals surface area contributed by atoms with Crippen LogP contribution in [-0.2, 0) is 32.6 Å². The summed E-state index contributed by atoms with van der Waals surface area (Å²) in [5.74, 6) is -0.259. The van der Waals surface area contributed by atoms with E-state index in [2.05, 4.69) is 5.32 Å². The van der Waals surface area contributed by atoms with Gasteiger partial charge in [-0.3, -0.25) is 13.9 Å². The highest BCUT2D eigenvalue weighted by molar-refractivity contribution is 7.92. The molecule has 0 heterocycles. The first-order chi connectivity index (χ1) is 20.3. The maximum absolute atomic E-state index is 14.0. The van der Waals surface area contributed by atoms with Crippen LogP contribution in [0.2, 0.25) is 15.1 Å². The van der Waals surface area contributed by atoms with Gasteiger partial charge in [0.05, 0.1) is 24.1 Å². The summed E-state index contributed by atoms with van der Waals surface area (Å²) < 4.78 is 31.8. The van der Waals surface area contributed by atoms with Crippen molar-refractivity contribution in [3.8, 4) is 5.75 Å². The van der Waals surface area contributed by atoms with Crippen LogP contribution >= 0.6 is 34.8 Å². The summed E-state index contributed by atoms with van der Waals surface area (Å²) in [5, 5.41) is 3.93. The number of hydrogen-bond acceptors (Lipinski definition) is 5. The number of anilines is 1. The van der Waals surface area contributed by atoms with E-state index in [1.807, 2.05) is 44.2 Å². The summed E-state index contributed by atoms with van der Waals surface area (Å²) in [7, 11) is -2.24. The number of rotatable bonds is 14. The Hall–Kier alpha value is -2.98. The quantitative estimate of drug-likeness (QED) is 0.216. The highest BCUT2D eigenvalue weighted by atomic mass is 35.5. The van der Waals surface area contributed by atoms with Gasteiger partial charge < -0.3 is 15.0 Å². The Balaban J connectivity index is 1.93. The zero-order chi connectivity index (χ0) is 31.7. The molecule has 0 bridgehead atoms. The van der Waals surface area contributed by atoms with Crippen molar-refractivity contribution in [3.05, 3.63) is 92.9 Å². The van der Waals surface area contributed by atoms with Crippen LogP contribution in [0.15, 0.2) is 66.7 Å². The van der Waals surface area contributed by atoms with E-state index in [-0.39, 0.29) is 55.2 Å². The molecule has 0 spiro atoms. The molecular formula is C31H36Cl3N3O5S. The number of sulfonamides is 1. The molecule has 1 atom stereocenters. The highest BCUT2D eigenvalue weighted by Gasteiger charge is 2.32. The second-order valence-corrected chi connectivity index (χ2v) is 13.5. The van der Waals surface area contributed by atoms with Gasteiger partial charge in [0.1, 0.15) is 11.8 Å². The molecule has 0 aliphatic carbocycles. The van der Waals surface area contributed by atoms with Crippen LogP contribution in [0.3, 0.4) is 0 Å². The third-order valence-electron chi connectivity index (χ3n) is 6.67. The summed E-state index contributed by atoms with van der Waals surface area (Å²) in [5.41, 5.74) is 1.73. The molecule has 0 radical (unpaired) electrons. The van der Waals surface area contributed by atoms with Crippen LogP contribution in [0.25, 0.3) is 0 Å². The molecule has 43 heavy (non-hydrogen) atoms. The minimum Gasteiger partial charge on any atom is -0.495 e. The predicted octanol–water partition coefficient (Wildman–Crippen LogP) is 6.37. The van der Waals surface area contributed by atoms with Gasteiger partial charge in [-0.25, -0.2) is 8.42 Å². The van der Waals surface area contributed by atoms with Gasteiger partial charge in [-0.15, -0.1) is 0 Å². The molecule has 1 unspecified atom stereocenters. The van der Waals surface area contributed by atoms with E-state index in [1.54, 1.807) is 30.3 Å². The maximum atomic E-state index is 14.0.